The van der Waals surface area contributed by atoms with Crippen molar-refractivity contribution in [2.75, 3.05) is 5.32 Å². The van der Waals surface area contributed by atoms with Crippen LogP contribution in [-0.2, 0) is 6.54 Å². The van der Waals surface area contributed by atoms with Gasteiger partial charge in [0.25, 0.3) is 0 Å². The number of halogens is 1. The number of thiazole rings is 1. The van der Waals surface area contributed by atoms with E-state index in [0.717, 1.165) is 10.3 Å². The molecule has 0 saturated carbocycles. The van der Waals surface area contributed by atoms with Crippen LogP contribution in [0.4, 0.5) is 5.82 Å². The first kappa shape index (κ1) is 11.4. The van der Waals surface area contributed by atoms with Crippen molar-refractivity contribution in [3.63, 3.8) is 0 Å². The molecule has 6 heteroatoms. The van der Waals surface area contributed by atoms with Crippen LogP contribution < -0.4 is 5.32 Å². The second-order valence-electron chi connectivity index (χ2n) is 3.69. The maximum atomic E-state index is 5.88. The normalized spacial score (nSPS) is 10.7. The number of fused-ring (bicyclic) bond motifs is 1. The quantitative estimate of drug-likeness (QED) is 0.746. The fourth-order valence-corrected chi connectivity index (χ4v) is 2.52. The topological polar surface area (TPSA) is 50.7 Å². The molecule has 0 radical (unpaired) electrons. The van der Waals surface area contributed by atoms with Crippen molar-refractivity contribution in [1.82, 2.24) is 15.0 Å². The second-order valence-corrected chi connectivity index (χ2v) is 4.86. The van der Waals surface area contributed by atoms with Gasteiger partial charge < -0.3 is 5.32 Å². The fourth-order valence-electron chi connectivity index (χ4n) is 1.64. The molecule has 18 heavy (non-hydrogen) atoms. The highest BCUT2D eigenvalue weighted by Gasteiger charge is 2.08. The van der Waals surface area contributed by atoms with Gasteiger partial charge >= 0.3 is 0 Å². The Morgan fingerprint density at radius 1 is 1.17 bits per heavy atom. The number of anilines is 1. The predicted molar refractivity (Wildman–Crippen MR) is 74.0 cm³/mol. The van der Waals surface area contributed by atoms with Crippen molar-refractivity contribution in [2.24, 2.45) is 0 Å². The molecule has 1 N–H and O–H groups in total. The van der Waals surface area contributed by atoms with Gasteiger partial charge in [-0.15, -0.1) is 11.3 Å². The van der Waals surface area contributed by atoms with E-state index < -0.39 is 0 Å². The Labute approximate surface area is 113 Å². The van der Waals surface area contributed by atoms with Gasteiger partial charge in [0.05, 0.1) is 5.51 Å². The van der Waals surface area contributed by atoms with E-state index in [0.29, 0.717) is 12.4 Å². The molecule has 0 aliphatic heterocycles. The van der Waals surface area contributed by atoms with Crippen molar-refractivity contribution in [3.8, 4) is 0 Å². The number of benzene rings is 1. The lowest BCUT2D eigenvalue weighted by Crippen LogP contribution is -2.02. The second kappa shape index (κ2) is 4.88. The van der Waals surface area contributed by atoms with Crippen molar-refractivity contribution < 1.29 is 0 Å². The highest BCUT2D eigenvalue weighted by Crippen LogP contribution is 2.24. The molecule has 0 fully saturated rings. The molecule has 0 aliphatic carbocycles. The Kier molecular flexibility index (Phi) is 3.08. The highest BCUT2D eigenvalue weighted by molar-refractivity contribution is 7.16. The molecule has 0 spiro atoms. The average Bonchev–Trinajstić information content (AvgIpc) is 2.85. The predicted octanol–water partition coefficient (Wildman–Crippen LogP) is 3.35. The Bertz CT molecular complexity index is 668. The minimum absolute atomic E-state index is 0.238. The summed E-state index contributed by atoms with van der Waals surface area (Å²) in [6.45, 7) is 0.681. The van der Waals surface area contributed by atoms with Gasteiger partial charge in [0.1, 0.15) is 5.52 Å². The summed E-state index contributed by atoms with van der Waals surface area (Å²) in [5, 5.41) is 3.48. The summed E-state index contributed by atoms with van der Waals surface area (Å²) in [5.41, 5.74) is 3.68. The SMILES string of the molecule is Clc1nc(NCc2ccccc2)c2ncsc2n1. The van der Waals surface area contributed by atoms with Gasteiger partial charge in [0.15, 0.2) is 10.6 Å². The molecule has 1 aromatic carbocycles. The maximum Gasteiger partial charge on any atom is 0.225 e. The van der Waals surface area contributed by atoms with Crippen LogP contribution in [0.15, 0.2) is 35.8 Å². The number of hydrogen-bond donors (Lipinski definition) is 1. The number of aromatic nitrogens is 3. The molecule has 0 bridgehead atoms. The van der Waals surface area contributed by atoms with E-state index in [1.165, 1.54) is 16.9 Å². The van der Waals surface area contributed by atoms with Gasteiger partial charge in [-0.2, -0.15) is 4.98 Å². The number of rotatable bonds is 3. The Morgan fingerprint density at radius 3 is 2.83 bits per heavy atom. The summed E-state index contributed by atoms with van der Waals surface area (Å²) in [5.74, 6) is 0.676. The van der Waals surface area contributed by atoms with E-state index in [4.69, 9.17) is 11.6 Å². The van der Waals surface area contributed by atoms with E-state index in [9.17, 15) is 0 Å². The molecule has 3 rings (SSSR count). The van der Waals surface area contributed by atoms with E-state index in [2.05, 4.69) is 20.3 Å². The molecule has 0 aliphatic rings. The molecule has 0 amide bonds. The third-order valence-electron chi connectivity index (χ3n) is 2.47. The third kappa shape index (κ3) is 2.27. The minimum Gasteiger partial charge on any atom is -0.364 e. The van der Waals surface area contributed by atoms with Gasteiger partial charge in [-0.1, -0.05) is 30.3 Å². The number of hydrogen-bond acceptors (Lipinski definition) is 5. The molecule has 0 saturated heterocycles. The van der Waals surface area contributed by atoms with Crippen LogP contribution in [0.25, 0.3) is 10.3 Å². The lowest BCUT2D eigenvalue weighted by atomic mass is 10.2. The van der Waals surface area contributed by atoms with Crippen molar-refractivity contribution in [3.05, 3.63) is 46.7 Å². The lowest BCUT2D eigenvalue weighted by Gasteiger charge is -2.06. The number of nitrogens with one attached hydrogen (secondary N) is 1. The first-order valence-corrected chi connectivity index (χ1v) is 6.63. The summed E-state index contributed by atoms with van der Waals surface area (Å²) in [7, 11) is 0. The highest BCUT2D eigenvalue weighted by atomic mass is 35.5. The van der Waals surface area contributed by atoms with E-state index >= 15 is 0 Å². The average molecular weight is 277 g/mol. The Morgan fingerprint density at radius 2 is 2.00 bits per heavy atom. The molecule has 2 aromatic heterocycles. The van der Waals surface area contributed by atoms with E-state index in [1.807, 2.05) is 30.3 Å². The Balaban J connectivity index is 1.88. The summed E-state index contributed by atoms with van der Waals surface area (Å²) in [6, 6.07) is 10.1. The summed E-state index contributed by atoms with van der Waals surface area (Å²) in [6.07, 6.45) is 0. The van der Waals surface area contributed by atoms with E-state index in [-0.39, 0.29) is 5.28 Å². The Hall–Kier alpha value is -1.72. The van der Waals surface area contributed by atoms with Crippen LogP contribution in [0.1, 0.15) is 5.56 Å². The fraction of sp³-hybridized carbons (Fsp3) is 0.0833. The zero-order valence-electron chi connectivity index (χ0n) is 9.30. The van der Waals surface area contributed by atoms with Crippen LogP contribution >= 0.6 is 22.9 Å². The van der Waals surface area contributed by atoms with Crippen LogP contribution in [0.3, 0.4) is 0 Å². The van der Waals surface area contributed by atoms with Gasteiger partial charge in [-0.25, -0.2) is 9.97 Å². The van der Waals surface area contributed by atoms with Gasteiger partial charge in [-0.3, -0.25) is 0 Å². The van der Waals surface area contributed by atoms with E-state index in [1.54, 1.807) is 5.51 Å². The van der Waals surface area contributed by atoms with Crippen LogP contribution in [-0.4, -0.2) is 15.0 Å². The zero-order valence-corrected chi connectivity index (χ0v) is 10.9. The molecule has 0 atom stereocenters. The van der Waals surface area contributed by atoms with Crippen molar-refractivity contribution in [2.45, 2.75) is 6.54 Å². The molecular weight excluding hydrogens is 268 g/mol. The van der Waals surface area contributed by atoms with Gasteiger partial charge in [0.2, 0.25) is 5.28 Å². The van der Waals surface area contributed by atoms with Gasteiger partial charge in [-0.05, 0) is 17.2 Å². The molecule has 2 heterocycles. The standard InChI is InChI=1S/C12H9ClN4S/c13-12-16-10(9-11(17-12)18-7-15-9)14-6-8-4-2-1-3-5-8/h1-5,7H,6H2,(H,14,16,17). The molecule has 90 valence electrons. The summed E-state index contributed by atoms with van der Waals surface area (Å²) < 4.78 is 0. The molecular formula is C12H9ClN4S. The molecule has 0 unspecified atom stereocenters. The first-order chi connectivity index (χ1) is 8.83. The molecule has 4 nitrogen and oxygen atoms in total. The largest absolute Gasteiger partial charge is 0.364 e. The molecule has 3 aromatic rings. The number of nitrogens with zero attached hydrogens (tertiary/aromatic N) is 3. The third-order valence-corrected chi connectivity index (χ3v) is 3.36. The minimum atomic E-state index is 0.238. The summed E-state index contributed by atoms with van der Waals surface area (Å²) in [4.78, 5) is 13.3. The summed E-state index contributed by atoms with van der Waals surface area (Å²) >= 11 is 7.33. The lowest BCUT2D eigenvalue weighted by molar-refractivity contribution is 1.10. The monoisotopic (exact) mass is 276 g/mol. The first-order valence-electron chi connectivity index (χ1n) is 5.37. The smallest absolute Gasteiger partial charge is 0.225 e. The van der Waals surface area contributed by atoms with Gasteiger partial charge in [0, 0.05) is 6.54 Å². The van der Waals surface area contributed by atoms with Crippen molar-refractivity contribution in [1.29, 1.82) is 0 Å². The zero-order chi connectivity index (χ0) is 12.4. The van der Waals surface area contributed by atoms with Crippen LogP contribution in [0.2, 0.25) is 5.28 Å². The van der Waals surface area contributed by atoms with Crippen LogP contribution in [0, 0.1) is 0 Å². The maximum absolute atomic E-state index is 5.88. The van der Waals surface area contributed by atoms with Crippen LogP contribution in [0.5, 0.6) is 0 Å². The van der Waals surface area contributed by atoms with Crippen molar-refractivity contribution >= 4 is 39.1 Å².